The zero-order valence-corrected chi connectivity index (χ0v) is 19.5. The molecule has 1 aliphatic rings. The SMILES string of the molecule is CCOP(=O)(OCC)C1c2ccccc2C=C(c2ccc(OC)cc2)N1c1ccccc1. The molecule has 3 aromatic rings. The van der Waals surface area contributed by atoms with E-state index in [0.29, 0.717) is 13.2 Å². The maximum absolute atomic E-state index is 14.3. The lowest BCUT2D eigenvalue weighted by molar-refractivity contribution is 0.212. The predicted molar refractivity (Wildman–Crippen MR) is 130 cm³/mol. The van der Waals surface area contributed by atoms with E-state index in [1.165, 1.54) is 0 Å². The van der Waals surface area contributed by atoms with Crippen LogP contribution >= 0.6 is 7.60 Å². The summed E-state index contributed by atoms with van der Waals surface area (Å²) >= 11 is 0. The van der Waals surface area contributed by atoms with Gasteiger partial charge in [-0.25, -0.2) is 0 Å². The van der Waals surface area contributed by atoms with Crippen molar-refractivity contribution in [1.29, 1.82) is 0 Å². The molecule has 0 aliphatic carbocycles. The Labute approximate surface area is 189 Å². The molecule has 0 bridgehead atoms. The third kappa shape index (κ3) is 4.24. The van der Waals surface area contributed by atoms with Crippen LogP contribution in [-0.4, -0.2) is 20.3 Å². The third-order valence-corrected chi connectivity index (χ3v) is 7.75. The fourth-order valence-corrected chi connectivity index (χ4v) is 6.26. The normalized spacial score (nSPS) is 15.8. The van der Waals surface area contributed by atoms with Crippen LogP contribution in [0.15, 0.2) is 78.9 Å². The molecule has 1 heterocycles. The average molecular weight is 449 g/mol. The van der Waals surface area contributed by atoms with Gasteiger partial charge in [0, 0.05) is 5.69 Å². The van der Waals surface area contributed by atoms with Crippen molar-refractivity contribution in [3.8, 4) is 5.75 Å². The Kier molecular flexibility index (Phi) is 6.80. The third-order valence-electron chi connectivity index (χ3n) is 5.41. The Morgan fingerprint density at radius 3 is 2.09 bits per heavy atom. The smallest absolute Gasteiger partial charge is 0.357 e. The molecule has 0 N–H and O–H groups in total. The molecule has 0 amide bonds. The number of nitrogens with zero attached hydrogens (tertiary/aromatic N) is 1. The van der Waals surface area contributed by atoms with Crippen molar-refractivity contribution >= 4 is 25.1 Å². The predicted octanol–water partition coefficient (Wildman–Crippen LogP) is 6.98. The summed E-state index contributed by atoms with van der Waals surface area (Å²) in [5.74, 6) is 0.158. The second-order valence-corrected chi connectivity index (χ2v) is 9.43. The maximum Gasteiger partial charge on any atom is 0.357 e. The van der Waals surface area contributed by atoms with Crippen LogP contribution in [-0.2, 0) is 13.6 Å². The monoisotopic (exact) mass is 449 g/mol. The van der Waals surface area contributed by atoms with Crippen molar-refractivity contribution in [2.24, 2.45) is 0 Å². The molecule has 0 saturated heterocycles. The summed E-state index contributed by atoms with van der Waals surface area (Å²) in [5, 5.41) is 0. The molecule has 0 radical (unpaired) electrons. The first kappa shape index (κ1) is 22.3. The molecular weight excluding hydrogens is 421 g/mol. The summed E-state index contributed by atoms with van der Waals surface area (Å²) in [6.07, 6.45) is 2.13. The minimum atomic E-state index is -3.56. The zero-order valence-electron chi connectivity index (χ0n) is 18.6. The fourth-order valence-electron chi connectivity index (χ4n) is 4.07. The number of methoxy groups -OCH3 is 1. The summed E-state index contributed by atoms with van der Waals surface area (Å²) in [4.78, 5) is 2.08. The Morgan fingerprint density at radius 1 is 0.844 bits per heavy atom. The highest BCUT2D eigenvalue weighted by atomic mass is 31.2. The van der Waals surface area contributed by atoms with Crippen LogP contribution in [0.25, 0.3) is 11.8 Å². The minimum absolute atomic E-state index is 0.292. The average Bonchev–Trinajstić information content (AvgIpc) is 2.83. The first-order chi connectivity index (χ1) is 15.6. The summed E-state index contributed by atoms with van der Waals surface area (Å²) in [5.41, 5.74) is 4.72. The minimum Gasteiger partial charge on any atom is -0.497 e. The molecule has 166 valence electrons. The second kappa shape index (κ2) is 9.74. The van der Waals surface area contributed by atoms with Crippen LogP contribution in [0.1, 0.15) is 36.3 Å². The number of hydrogen-bond donors (Lipinski definition) is 0. The number of fused-ring (bicyclic) bond motifs is 1. The fraction of sp³-hybridized carbons (Fsp3) is 0.231. The van der Waals surface area contributed by atoms with Crippen LogP contribution in [0.2, 0.25) is 0 Å². The molecule has 1 atom stereocenters. The Morgan fingerprint density at radius 2 is 1.47 bits per heavy atom. The van der Waals surface area contributed by atoms with Gasteiger partial charge in [0.05, 0.1) is 26.0 Å². The van der Waals surface area contributed by atoms with Gasteiger partial charge >= 0.3 is 7.60 Å². The van der Waals surface area contributed by atoms with Crippen molar-refractivity contribution in [2.45, 2.75) is 19.6 Å². The van der Waals surface area contributed by atoms with Gasteiger partial charge in [-0.1, -0.05) is 42.5 Å². The molecule has 3 aromatic carbocycles. The summed E-state index contributed by atoms with van der Waals surface area (Å²) in [6.45, 7) is 4.27. The van der Waals surface area contributed by atoms with Gasteiger partial charge < -0.3 is 18.7 Å². The van der Waals surface area contributed by atoms with E-state index in [1.807, 2.05) is 92.7 Å². The van der Waals surface area contributed by atoms with E-state index in [1.54, 1.807) is 7.11 Å². The van der Waals surface area contributed by atoms with Crippen LogP contribution in [0.3, 0.4) is 0 Å². The van der Waals surface area contributed by atoms with E-state index >= 15 is 0 Å². The molecular formula is C26H28NO4P. The molecule has 4 rings (SSSR count). The lowest BCUT2D eigenvalue weighted by Crippen LogP contribution is -2.31. The van der Waals surface area contributed by atoms with Gasteiger partial charge in [0.15, 0.2) is 5.78 Å². The number of para-hydroxylation sites is 1. The van der Waals surface area contributed by atoms with Crippen molar-refractivity contribution < 1.29 is 18.3 Å². The van der Waals surface area contributed by atoms with E-state index in [-0.39, 0.29) is 0 Å². The molecule has 0 aromatic heterocycles. The molecule has 0 fully saturated rings. The highest BCUT2D eigenvalue weighted by Crippen LogP contribution is 2.66. The second-order valence-electron chi connectivity index (χ2n) is 7.34. The van der Waals surface area contributed by atoms with Crippen molar-refractivity contribution in [3.63, 3.8) is 0 Å². The summed E-state index contributed by atoms with van der Waals surface area (Å²) in [7, 11) is -1.91. The number of benzene rings is 3. The summed E-state index contributed by atoms with van der Waals surface area (Å²) in [6, 6.07) is 25.8. The highest BCUT2D eigenvalue weighted by Gasteiger charge is 2.45. The largest absolute Gasteiger partial charge is 0.497 e. The molecule has 1 unspecified atom stereocenters. The van der Waals surface area contributed by atoms with Gasteiger partial charge in [-0.3, -0.25) is 4.57 Å². The number of anilines is 1. The zero-order chi connectivity index (χ0) is 22.6. The maximum atomic E-state index is 14.3. The van der Waals surface area contributed by atoms with E-state index in [9.17, 15) is 4.57 Å². The molecule has 1 aliphatic heterocycles. The van der Waals surface area contributed by atoms with Gasteiger partial charge in [0.2, 0.25) is 0 Å². The van der Waals surface area contributed by atoms with Crippen LogP contribution in [0, 0.1) is 0 Å². The highest BCUT2D eigenvalue weighted by molar-refractivity contribution is 7.54. The van der Waals surface area contributed by atoms with E-state index < -0.39 is 13.4 Å². The lowest BCUT2D eigenvalue weighted by atomic mass is 9.97. The molecule has 32 heavy (non-hydrogen) atoms. The molecule has 0 saturated carbocycles. The van der Waals surface area contributed by atoms with Crippen molar-refractivity contribution in [1.82, 2.24) is 0 Å². The number of ether oxygens (including phenoxy) is 1. The van der Waals surface area contributed by atoms with Gasteiger partial charge in [0.1, 0.15) is 5.75 Å². The first-order valence-electron chi connectivity index (χ1n) is 10.8. The van der Waals surface area contributed by atoms with Crippen LogP contribution in [0.4, 0.5) is 5.69 Å². The molecule has 6 heteroatoms. The Balaban J connectivity index is 1.98. The number of hydrogen-bond acceptors (Lipinski definition) is 5. The van der Waals surface area contributed by atoms with Crippen molar-refractivity contribution in [2.75, 3.05) is 25.2 Å². The molecule has 0 spiro atoms. The van der Waals surface area contributed by atoms with Gasteiger partial charge in [0.25, 0.3) is 0 Å². The van der Waals surface area contributed by atoms with Gasteiger partial charge in [-0.2, -0.15) is 0 Å². The lowest BCUT2D eigenvalue weighted by Gasteiger charge is -2.42. The molecule has 5 nitrogen and oxygen atoms in total. The quantitative estimate of drug-likeness (QED) is 0.347. The first-order valence-corrected chi connectivity index (χ1v) is 12.4. The summed E-state index contributed by atoms with van der Waals surface area (Å²) < 4.78 is 31.4. The van der Waals surface area contributed by atoms with E-state index in [0.717, 1.165) is 33.8 Å². The Hall–Kier alpha value is -2.85. The van der Waals surface area contributed by atoms with E-state index in [2.05, 4.69) is 11.0 Å². The van der Waals surface area contributed by atoms with Crippen molar-refractivity contribution in [3.05, 3.63) is 95.6 Å². The van der Waals surface area contributed by atoms with E-state index in [4.69, 9.17) is 13.8 Å². The van der Waals surface area contributed by atoms with Gasteiger partial charge in [-0.05, 0) is 73.0 Å². The Bertz CT molecular complexity index is 1120. The topological polar surface area (TPSA) is 48.0 Å². The van der Waals surface area contributed by atoms with Gasteiger partial charge in [-0.15, -0.1) is 0 Å². The number of rotatable bonds is 8. The standard InChI is InChI=1S/C26H28NO4P/c1-4-30-32(28,31-5-2)26-24-14-10-9-11-21(24)19-25(20-15-17-23(29-3)18-16-20)27(26)22-12-7-6-8-13-22/h6-19,26H,4-5H2,1-3H3. The van der Waals surface area contributed by atoms with Crippen LogP contribution < -0.4 is 9.64 Å². The van der Waals surface area contributed by atoms with Crippen LogP contribution in [0.5, 0.6) is 5.75 Å².